The highest BCUT2D eigenvalue weighted by Crippen LogP contribution is 2.45. The fourth-order valence-corrected chi connectivity index (χ4v) is 3.28. The van der Waals surface area contributed by atoms with Crippen LogP contribution in [0.25, 0.3) is 32.7 Å². The van der Waals surface area contributed by atoms with Crippen LogP contribution < -0.4 is 20.2 Å². The van der Waals surface area contributed by atoms with Crippen LogP contribution in [0.2, 0.25) is 0 Å². The molecule has 27 heavy (non-hydrogen) atoms. The smallest absolute Gasteiger partial charge is 0.446 e. The topological polar surface area (TPSA) is 174 Å². The lowest BCUT2D eigenvalue weighted by atomic mass is 10.0. The molecule has 0 saturated carbocycles. The maximum atomic E-state index is 12.3. The average Bonchev–Trinajstić information content (AvgIpc) is 2.56. The van der Waals surface area contributed by atoms with E-state index in [0.717, 1.165) is 19.2 Å². The minimum absolute atomic E-state index is 0.0364. The monoisotopic (exact) mass is 396 g/mol. The molecular weight excluding hydrogens is 388 g/mol. The third kappa shape index (κ3) is 2.34. The van der Waals surface area contributed by atoms with Crippen LogP contribution >= 0.6 is 0 Å². The van der Waals surface area contributed by atoms with Gasteiger partial charge in [-0.1, -0.05) is 0 Å². The molecule has 0 aliphatic heterocycles. The molecule has 0 saturated heterocycles. The van der Waals surface area contributed by atoms with Gasteiger partial charge in [0.25, 0.3) is 0 Å². The molecule has 4 rings (SSSR count). The van der Waals surface area contributed by atoms with E-state index in [0.29, 0.717) is 0 Å². The van der Waals surface area contributed by atoms with Gasteiger partial charge in [-0.3, -0.25) is 4.55 Å². The van der Waals surface area contributed by atoms with Gasteiger partial charge >= 0.3 is 21.7 Å². The van der Waals surface area contributed by atoms with E-state index in [1.165, 1.54) is 0 Å². The molecule has 2 aromatic carbocycles. The molecule has 0 amide bonds. The van der Waals surface area contributed by atoms with Crippen molar-refractivity contribution in [1.29, 1.82) is 0 Å². The Bertz CT molecular complexity index is 1460. The Morgan fingerprint density at radius 3 is 2.11 bits per heavy atom. The van der Waals surface area contributed by atoms with Gasteiger partial charge in [0, 0.05) is 16.8 Å². The Morgan fingerprint density at radius 1 is 0.963 bits per heavy atom. The summed E-state index contributed by atoms with van der Waals surface area (Å²) in [5.74, 6) is -2.52. The molecule has 12 heteroatoms. The van der Waals surface area contributed by atoms with Crippen LogP contribution in [0, 0.1) is 0 Å². The van der Waals surface area contributed by atoms with Crippen molar-refractivity contribution in [2.24, 2.45) is 0 Å². The van der Waals surface area contributed by atoms with Gasteiger partial charge in [-0.25, -0.2) is 9.59 Å². The highest BCUT2D eigenvalue weighted by molar-refractivity contribution is 7.81. The zero-order chi connectivity index (χ0) is 19.7. The maximum Gasteiger partial charge on any atom is 0.446 e. The number of phenols is 2. The maximum absolute atomic E-state index is 12.3. The van der Waals surface area contributed by atoms with Crippen LogP contribution in [0.4, 0.5) is 0 Å². The largest absolute Gasteiger partial charge is 0.504 e. The second-order valence-corrected chi connectivity index (χ2v) is 6.47. The molecule has 0 fully saturated rings. The number of phenolic OH excluding ortho intramolecular Hbond substituents is 2. The van der Waals surface area contributed by atoms with E-state index in [9.17, 15) is 28.2 Å². The Labute approximate surface area is 147 Å². The van der Waals surface area contributed by atoms with Crippen LogP contribution in [0.1, 0.15) is 0 Å². The molecule has 11 nitrogen and oxygen atoms in total. The van der Waals surface area contributed by atoms with E-state index >= 15 is 0 Å². The van der Waals surface area contributed by atoms with E-state index in [2.05, 4.69) is 4.18 Å². The summed E-state index contributed by atoms with van der Waals surface area (Å²) in [5, 5.41) is 19.2. The zero-order valence-electron chi connectivity index (χ0n) is 13.2. The first-order valence-corrected chi connectivity index (χ1v) is 8.44. The molecular formula is C15H8O11S. The predicted molar refractivity (Wildman–Crippen MR) is 89.3 cm³/mol. The summed E-state index contributed by atoms with van der Waals surface area (Å²) in [7, 11) is -3.89. The summed E-state index contributed by atoms with van der Waals surface area (Å²) in [4.78, 5) is 24.7. The molecule has 3 N–H and O–H groups in total. The van der Waals surface area contributed by atoms with Gasteiger partial charge in [-0.15, -0.1) is 0 Å². The van der Waals surface area contributed by atoms with Crippen molar-refractivity contribution in [3.63, 3.8) is 0 Å². The standard InChI is InChI=1S/C15H8O11S/c1-23-11-7(26-27(20,21)22)3-5-9-8-4(14(18)25-13(9)11)2-6(16)10(17)12(8)24-15(5)19/h2-3,16-17H,1H3,(H,20,21,22). The molecule has 0 atom stereocenters. The SMILES string of the molecule is COc1c(OS(=O)(=O)O)cc2c(=O)oc3c(O)c(O)cc4c(=O)oc1c2c34. The Kier molecular flexibility index (Phi) is 3.29. The third-order valence-corrected chi connectivity index (χ3v) is 4.31. The van der Waals surface area contributed by atoms with E-state index in [1.54, 1.807) is 0 Å². The van der Waals surface area contributed by atoms with Gasteiger partial charge in [0.15, 0.2) is 22.7 Å². The van der Waals surface area contributed by atoms with E-state index in [-0.39, 0.29) is 27.1 Å². The molecule has 0 spiro atoms. The highest BCUT2D eigenvalue weighted by atomic mass is 32.3. The molecule has 2 heterocycles. The van der Waals surface area contributed by atoms with E-state index in [4.69, 9.17) is 18.1 Å². The van der Waals surface area contributed by atoms with Gasteiger partial charge in [-0.05, 0) is 6.07 Å². The second-order valence-electron chi connectivity index (χ2n) is 5.45. The van der Waals surface area contributed by atoms with E-state index in [1.807, 2.05) is 0 Å². The first kappa shape index (κ1) is 16.9. The lowest BCUT2D eigenvalue weighted by Gasteiger charge is -2.14. The van der Waals surface area contributed by atoms with Crippen molar-refractivity contribution < 1.29 is 40.9 Å². The molecule has 2 aromatic heterocycles. The van der Waals surface area contributed by atoms with Crippen molar-refractivity contribution in [2.45, 2.75) is 0 Å². The predicted octanol–water partition coefficient (Wildman–Crippen LogP) is 1.09. The summed E-state index contributed by atoms with van der Waals surface area (Å²) < 4.78 is 50.6. The second kappa shape index (κ2) is 5.25. The molecule has 0 aliphatic rings. The van der Waals surface area contributed by atoms with Crippen molar-refractivity contribution in [3.05, 3.63) is 33.0 Å². The molecule has 4 aromatic rings. The Morgan fingerprint density at radius 2 is 1.52 bits per heavy atom. The molecule has 0 unspecified atom stereocenters. The van der Waals surface area contributed by atoms with Crippen molar-refractivity contribution in [3.8, 4) is 23.0 Å². The number of hydrogen-bond donors (Lipinski definition) is 3. The summed E-state index contributed by atoms with van der Waals surface area (Å²) in [6.07, 6.45) is 0. The van der Waals surface area contributed by atoms with Gasteiger partial charge in [0.05, 0.1) is 17.9 Å². The fourth-order valence-electron chi connectivity index (χ4n) is 2.93. The van der Waals surface area contributed by atoms with Crippen molar-refractivity contribution in [1.82, 2.24) is 0 Å². The van der Waals surface area contributed by atoms with Gasteiger partial charge in [-0.2, -0.15) is 8.42 Å². The normalized spacial score (nSPS) is 12.2. The number of ether oxygens (including phenoxy) is 1. The van der Waals surface area contributed by atoms with Crippen LogP contribution in [0.5, 0.6) is 23.0 Å². The first-order chi connectivity index (χ1) is 12.6. The number of benzene rings is 2. The first-order valence-electron chi connectivity index (χ1n) is 7.08. The average molecular weight is 396 g/mol. The minimum Gasteiger partial charge on any atom is -0.504 e. The minimum atomic E-state index is -5.00. The molecule has 0 bridgehead atoms. The van der Waals surface area contributed by atoms with Gasteiger partial charge in [0.2, 0.25) is 11.5 Å². The fraction of sp³-hybridized carbons (Fsp3) is 0.0667. The van der Waals surface area contributed by atoms with Crippen molar-refractivity contribution in [2.75, 3.05) is 7.11 Å². The number of hydrogen-bond acceptors (Lipinski definition) is 10. The Hall–Kier alpha value is -3.51. The summed E-state index contributed by atoms with van der Waals surface area (Å²) in [5.41, 5.74) is -2.91. The van der Waals surface area contributed by atoms with Crippen molar-refractivity contribution >= 4 is 43.1 Å². The number of aromatic hydroxyl groups is 2. The third-order valence-electron chi connectivity index (χ3n) is 3.92. The van der Waals surface area contributed by atoms with Crippen LogP contribution in [0.15, 0.2) is 30.6 Å². The molecule has 0 radical (unpaired) electrons. The van der Waals surface area contributed by atoms with Crippen LogP contribution in [-0.4, -0.2) is 30.3 Å². The lowest BCUT2D eigenvalue weighted by Crippen LogP contribution is -2.11. The quantitative estimate of drug-likeness (QED) is 0.196. The van der Waals surface area contributed by atoms with Gasteiger partial charge < -0.3 is 28.0 Å². The Balaban J connectivity index is 2.35. The highest BCUT2D eigenvalue weighted by Gasteiger charge is 2.27. The van der Waals surface area contributed by atoms with Crippen LogP contribution in [-0.2, 0) is 10.4 Å². The van der Waals surface area contributed by atoms with Gasteiger partial charge in [0.1, 0.15) is 0 Å². The lowest BCUT2D eigenvalue weighted by molar-refractivity contribution is 0.358. The summed E-state index contributed by atoms with van der Waals surface area (Å²) >= 11 is 0. The summed E-state index contributed by atoms with van der Waals surface area (Å²) in [6.45, 7) is 0. The van der Waals surface area contributed by atoms with Crippen LogP contribution in [0.3, 0.4) is 0 Å². The number of rotatable bonds is 3. The number of methoxy groups -OCH3 is 1. The van der Waals surface area contributed by atoms with E-state index < -0.39 is 50.2 Å². The molecule has 140 valence electrons. The molecule has 0 aliphatic carbocycles. The summed E-state index contributed by atoms with van der Waals surface area (Å²) in [6, 6.07) is 1.83. The zero-order valence-corrected chi connectivity index (χ0v) is 14.0.